The summed E-state index contributed by atoms with van der Waals surface area (Å²) in [7, 11) is 2.08. The van der Waals surface area contributed by atoms with Gasteiger partial charge in [-0.05, 0) is 48.6 Å². The fraction of sp³-hybridized carbons (Fsp3) is 0.429. The monoisotopic (exact) mass is 335 g/mol. The topological polar surface area (TPSA) is 36.4 Å². The third kappa shape index (κ3) is 2.95. The number of amides is 1. The number of aryl methyl sites for hydroxylation is 1. The zero-order valence-electron chi connectivity index (χ0n) is 15.0. The highest BCUT2D eigenvalue weighted by Crippen LogP contribution is 2.33. The van der Waals surface area contributed by atoms with Crippen molar-refractivity contribution in [2.45, 2.75) is 51.6 Å². The standard InChI is InChI=1S/C21H25N3O/c1-15-11-17(16-7-6-10-22-13-16)12-18-14-24(21(25)20(15)18)23(2)19-8-4-3-5-9-19/h6-7,10-13,19H,3-5,8-9,14H2,1-2H3. The number of nitrogens with zero attached hydrogens (tertiary/aromatic N) is 3. The Morgan fingerprint density at radius 1 is 1.16 bits per heavy atom. The first-order chi connectivity index (χ1) is 12.1. The lowest BCUT2D eigenvalue weighted by Gasteiger charge is -2.37. The number of aromatic nitrogens is 1. The van der Waals surface area contributed by atoms with Crippen molar-refractivity contribution in [3.63, 3.8) is 0 Å². The van der Waals surface area contributed by atoms with Gasteiger partial charge in [-0.25, -0.2) is 5.01 Å². The second-order valence-corrected chi connectivity index (χ2v) is 7.30. The summed E-state index contributed by atoms with van der Waals surface area (Å²) in [6, 6.07) is 8.78. The van der Waals surface area contributed by atoms with E-state index in [2.05, 4.69) is 35.2 Å². The minimum atomic E-state index is 0.151. The van der Waals surface area contributed by atoms with Crippen molar-refractivity contribution >= 4 is 5.91 Å². The van der Waals surface area contributed by atoms with Gasteiger partial charge in [0.1, 0.15) is 0 Å². The number of hydrogen-bond donors (Lipinski definition) is 0. The van der Waals surface area contributed by atoms with Crippen LogP contribution in [-0.4, -0.2) is 34.0 Å². The van der Waals surface area contributed by atoms with E-state index in [4.69, 9.17) is 0 Å². The molecule has 4 rings (SSSR count). The molecule has 2 heterocycles. The Kier molecular flexibility index (Phi) is 4.30. The predicted molar refractivity (Wildman–Crippen MR) is 98.9 cm³/mol. The molecule has 1 amide bonds. The fourth-order valence-corrected chi connectivity index (χ4v) is 4.26. The van der Waals surface area contributed by atoms with E-state index in [1.165, 1.54) is 32.1 Å². The summed E-state index contributed by atoms with van der Waals surface area (Å²) in [5.41, 5.74) is 5.31. The molecule has 0 spiro atoms. The molecule has 1 aromatic carbocycles. The molecule has 1 fully saturated rings. The maximum absolute atomic E-state index is 13.0. The van der Waals surface area contributed by atoms with Crippen molar-refractivity contribution in [3.05, 3.63) is 53.3 Å². The van der Waals surface area contributed by atoms with E-state index in [1.807, 2.05) is 24.2 Å². The molecule has 0 radical (unpaired) electrons. The number of hydrazine groups is 1. The summed E-state index contributed by atoms with van der Waals surface area (Å²) >= 11 is 0. The van der Waals surface area contributed by atoms with Crippen molar-refractivity contribution in [2.24, 2.45) is 0 Å². The lowest BCUT2D eigenvalue weighted by Crippen LogP contribution is -2.47. The average molecular weight is 335 g/mol. The zero-order valence-corrected chi connectivity index (χ0v) is 15.0. The summed E-state index contributed by atoms with van der Waals surface area (Å²) in [6.45, 7) is 2.72. The summed E-state index contributed by atoms with van der Waals surface area (Å²) in [5.74, 6) is 0.151. The molecule has 1 saturated carbocycles. The number of pyridine rings is 1. The molecule has 1 aliphatic heterocycles. The van der Waals surface area contributed by atoms with Crippen LogP contribution in [0.1, 0.15) is 53.6 Å². The maximum atomic E-state index is 13.0. The lowest BCUT2D eigenvalue weighted by molar-refractivity contribution is -0.0282. The minimum absolute atomic E-state index is 0.151. The highest BCUT2D eigenvalue weighted by atomic mass is 16.2. The van der Waals surface area contributed by atoms with Crippen molar-refractivity contribution in [2.75, 3.05) is 7.05 Å². The molecule has 0 atom stereocenters. The minimum Gasteiger partial charge on any atom is -0.268 e. The summed E-state index contributed by atoms with van der Waals surface area (Å²) in [6.07, 6.45) is 9.92. The van der Waals surface area contributed by atoms with Crippen LogP contribution >= 0.6 is 0 Å². The van der Waals surface area contributed by atoms with Gasteiger partial charge >= 0.3 is 0 Å². The normalized spacial score (nSPS) is 18.0. The predicted octanol–water partition coefficient (Wildman–Crippen LogP) is 4.19. The fourth-order valence-electron chi connectivity index (χ4n) is 4.26. The van der Waals surface area contributed by atoms with Crippen LogP contribution in [0.3, 0.4) is 0 Å². The molecule has 1 aliphatic carbocycles. The first kappa shape index (κ1) is 16.3. The largest absolute Gasteiger partial charge is 0.269 e. The Morgan fingerprint density at radius 2 is 1.96 bits per heavy atom. The van der Waals surface area contributed by atoms with Gasteiger partial charge in [-0.15, -0.1) is 0 Å². The second-order valence-electron chi connectivity index (χ2n) is 7.30. The van der Waals surface area contributed by atoms with E-state index in [-0.39, 0.29) is 5.91 Å². The van der Waals surface area contributed by atoms with Gasteiger partial charge in [0.05, 0.1) is 6.54 Å². The summed E-state index contributed by atoms with van der Waals surface area (Å²) in [5, 5.41) is 4.14. The van der Waals surface area contributed by atoms with Crippen LogP contribution in [0.15, 0.2) is 36.7 Å². The van der Waals surface area contributed by atoms with E-state index in [1.54, 1.807) is 6.20 Å². The van der Waals surface area contributed by atoms with Crippen molar-refractivity contribution in [3.8, 4) is 11.1 Å². The first-order valence-corrected chi connectivity index (χ1v) is 9.23. The molecule has 0 unspecified atom stereocenters. The smallest absolute Gasteiger partial charge is 0.268 e. The van der Waals surface area contributed by atoms with E-state index in [0.29, 0.717) is 12.6 Å². The summed E-state index contributed by atoms with van der Waals surface area (Å²) in [4.78, 5) is 17.2. The third-order valence-corrected chi connectivity index (χ3v) is 5.66. The van der Waals surface area contributed by atoms with E-state index < -0.39 is 0 Å². The molecule has 25 heavy (non-hydrogen) atoms. The molecule has 0 N–H and O–H groups in total. The third-order valence-electron chi connectivity index (χ3n) is 5.66. The molecule has 4 heteroatoms. The molecule has 0 bridgehead atoms. The molecule has 1 aromatic heterocycles. The zero-order chi connectivity index (χ0) is 17.4. The molecule has 2 aromatic rings. The number of carbonyl (C=O) groups excluding carboxylic acids is 1. The first-order valence-electron chi connectivity index (χ1n) is 9.23. The average Bonchev–Trinajstić information content (AvgIpc) is 2.99. The van der Waals surface area contributed by atoms with Gasteiger partial charge < -0.3 is 0 Å². The van der Waals surface area contributed by atoms with Crippen molar-refractivity contribution in [1.29, 1.82) is 0 Å². The van der Waals surface area contributed by atoms with Gasteiger partial charge in [0, 0.05) is 36.6 Å². The molecule has 130 valence electrons. The van der Waals surface area contributed by atoms with Crippen LogP contribution in [0, 0.1) is 6.92 Å². The van der Waals surface area contributed by atoms with Crippen LogP contribution in [0.5, 0.6) is 0 Å². The van der Waals surface area contributed by atoms with Gasteiger partial charge in [-0.2, -0.15) is 0 Å². The molecular formula is C21H25N3O. The van der Waals surface area contributed by atoms with E-state index in [0.717, 1.165) is 27.8 Å². The quantitative estimate of drug-likeness (QED) is 0.844. The molecule has 0 saturated heterocycles. The van der Waals surface area contributed by atoms with Crippen molar-refractivity contribution < 1.29 is 4.79 Å². The highest BCUT2D eigenvalue weighted by Gasteiger charge is 2.34. The molecular weight excluding hydrogens is 310 g/mol. The Balaban J connectivity index is 1.63. The van der Waals surface area contributed by atoms with Crippen LogP contribution in [0.2, 0.25) is 0 Å². The van der Waals surface area contributed by atoms with Gasteiger partial charge in [-0.1, -0.05) is 31.4 Å². The number of fused-ring (bicyclic) bond motifs is 1. The van der Waals surface area contributed by atoms with Crippen LogP contribution in [-0.2, 0) is 6.54 Å². The highest BCUT2D eigenvalue weighted by molar-refractivity contribution is 6.00. The number of carbonyl (C=O) groups is 1. The number of benzene rings is 1. The Labute approximate surface area is 149 Å². The SMILES string of the molecule is Cc1cc(-c2cccnc2)cc2c1C(=O)N(N(C)C1CCCCC1)C2. The molecule has 2 aliphatic rings. The van der Waals surface area contributed by atoms with Crippen LogP contribution in [0.4, 0.5) is 0 Å². The van der Waals surface area contributed by atoms with Crippen molar-refractivity contribution in [1.82, 2.24) is 15.0 Å². The van der Waals surface area contributed by atoms with Crippen LogP contribution in [0.25, 0.3) is 11.1 Å². The Bertz CT molecular complexity index is 781. The van der Waals surface area contributed by atoms with E-state index in [9.17, 15) is 4.79 Å². The number of rotatable bonds is 3. The summed E-state index contributed by atoms with van der Waals surface area (Å²) < 4.78 is 0. The Hall–Kier alpha value is -2.20. The lowest BCUT2D eigenvalue weighted by atomic mass is 9.95. The second kappa shape index (κ2) is 6.60. The number of hydrogen-bond acceptors (Lipinski definition) is 3. The maximum Gasteiger partial charge on any atom is 0.269 e. The van der Waals surface area contributed by atoms with Gasteiger partial charge in [0.15, 0.2) is 0 Å². The van der Waals surface area contributed by atoms with E-state index >= 15 is 0 Å². The van der Waals surface area contributed by atoms with Gasteiger partial charge in [0.25, 0.3) is 5.91 Å². The van der Waals surface area contributed by atoms with Gasteiger partial charge in [0.2, 0.25) is 0 Å². The van der Waals surface area contributed by atoms with Crippen LogP contribution < -0.4 is 0 Å². The Morgan fingerprint density at radius 3 is 2.68 bits per heavy atom. The molecule has 4 nitrogen and oxygen atoms in total. The van der Waals surface area contributed by atoms with Gasteiger partial charge in [-0.3, -0.25) is 14.8 Å².